The minimum Gasteiger partial charge on any atom is -0.378 e. The molecule has 0 aromatic heterocycles. The molecule has 0 unspecified atom stereocenters. The van der Waals surface area contributed by atoms with E-state index in [1.807, 2.05) is 0 Å². The van der Waals surface area contributed by atoms with Gasteiger partial charge in [0.2, 0.25) is 0 Å². The van der Waals surface area contributed by atoms with E-state index in [-0.39, 0.29) is 0 Å². The third-order valence-corrected chi connectivity index (χ3v) is 5.51. The molecule has 2 rings (SSSR count). The van der Waals surface area contributed by atoms with Crippen molar-refractivity contribution >= 4 is 0 Å². The maximum Gasteiger partial charge on any atom is 0.0599 e. The van der Waals surface area contributed by atoms with Gasteiger partial charge in [-0.15, -0.1) is 0 Å². The van der Waals surface area contributed by atoms with E-state index in [4.69, 9.17) is 4.74 Å². The van der Waals surface area contributed by atoms with Gasteiger partial charge in [-0.2, -0.15) is 0 Å². The van der Waals surface area contributed by atoms with E-state index in [1.165, 1.54) is 63.6 Å². The fourth-order valence-corrected chi connectivity index (χ4v) is 4.13. The Labute approximate surface area is 149 Å². The van der Waals surface area contributed by atoms with Crippen LogP contribution < -0.4 is 0 Å². The van der Waals surface area contributed by atoms with Crippen LogP contribution in [0.3, 0.4) is 0 Å². The minimum absolute atomic E-state index is 0.492. The summed E-state index contributed by atoms with van der Waals surface area (Å²) in [4.78, 5) is 2.75. The molecule has 2 nitrogen and oxygen atoms in total. The predicted octanol–water partition coefficient (Wildman–Crippen LogP) is 5.63. The number of hydrogen-bond donors (Lipinski definition) is 0. The van der Waals surface area contributed by atoms with Crippen molar-refractivity contribution in [2.75, 3.05) is 19.7 Å². The molecule has 1 aliphatic rings. The van der Waals surface area contributed by atoms with E-state index >= 15 is 0 Å². The zero-order chi connectivity index (χ0) is 17.2. The van der Waals surface area contributed by atoms with Crippen molar-refractivity contribution in [2.24, 2.45) is 0 Å². The first kappa shape index (κ1) is 19.5. The maximum atomic E-state index is 6.06. The Morgan fingerprint density at radius 1 is 1.04 bits per heavy atom. The van der Waals surface area contributed by atoms with Crippen LogP contribution in [0.2, 0.25) is 0 Å². The van der Waals surface area contributed by atoms with Crippen LogP contribution in [-0.4, -0.2) is 36.7 Å². The molecule has 0 aliphatic carbocycles. The lowest BCUT2D eigenvalue weighted by molar-refractivity contribution is -0.00720. The van der Waals surface area contributed by atoms with Crippen molar-refractivity contribution in [3.8, 4) is 0 Å². The highest BCUT2D eigenvalue weighted by molar-refractivity contribution is 5.21. The van der Waals surface area contributed by atoms with Gasteiger partial charge in [0.1, 0.15) is 0 Å². The molecule has 0 N–H and O–H groups in total. The second-order valence-corrected chi connectivity index (χ2v) is 7.24. The van der Waals surface area contributed by atoms with Crippen LogP contribution in [0.4, 0.5) is 0 Å². The number of likely N-dealkylation sites (tertiary alicyclic amines) is 1. The molecular formula is C22H37NO. The Morgan fingerprint density at radius 3 is 2.33 bits per heavy atom. The summed E-state index contributed by atoms with van der Waals surface area (Å²) in [5, 5.41) is 0. The molecule has 0 radical (unpaired) electrons. The van der Waals surface area contributed by atoms with Gasteiger partial charge in [-0.1, -0.05) is 63.9 Å². The first-order valence-corrected chi connectivity index (χ1v) is 10.2. The summed E-state index contributed by atoms with van der Waals surface area (Å²) in [5.41, 5.74) is 1.51. The normalized spacial score (nSPS) is 19.3. The third kappa shape index (κ3) is 5.60. The summed E-state index contributed by atoms with van der Waals surface area (Å²) in [7, 11) is 0. The van der Waals surface area contributed by atoms with Crippen molar-refractivity contribution in [3.05, 3.63) is 35.9 Å². The van der Waals surface area contributed by atoms with Crippen LogP contribution >= 0.6 is 0 Å². The van der Waals surface area contributed by atoms with Crippen LogP contribution in [0, 0.1) is 0 Å². The standard InChI is InChI=1S/C22H37NO/c1-4-7-18-24-20-14-16-23(17-15-20)22(11-5-2)21(6-3)19-12-9-8-10-13-19/h8-10,12-13,20-22H,4-7,11,14-18H2,1-3H3/t21-,22-/m0/s1. The van der Waals surface area contributed by atoms with Gasteiger partial charge in [-0.05, 0) is 43.6 Å². The highest BCUT2D eigenvalue weighted by Gasteiger charge is 2.30. The fourth-order valence-electron chi connectivity index (χ4n) is 4.13. The largest absolute Gasteiger partial charge is 0.378 e. The Kier molecular flexibility index (Phi) is 8.83. The van der Waals surface area contributed by atoms with Gasteiger partial charge in [-0.3, -0.25) is 4.90 Å². The lowest BCUT2D eigenvalue weighted by atomic mass is 9.85. The molecule has 0 spiro atoms. The monoisotopic (exact) mass is 331 g/mol. The molecular weight excluding hydrogens is 294 g/mol. The number of hydrogen-bond acceptors (Lipinski definition) is 2. The zero-order valence-electron chi connectivity index (χ0n) is 16.0. The number of ether oxygens (including phenoxy) is 1. The Morgan fingerprint density at radius 2 is 1.75 bits per heavy atom. The summed E-state index contributed by atoms with van der Waals surface area (Å²) in [6.07, 6.45) is 9.12. The van der Waals surface area contributed by atoms with Crippen molar-refractivity contribution in [1.29, 1.82) is 0 Å². The minimum atomic E-state index is 0.492. The predicted molar refractivity (Wildman–Crippen MR) is 104 cm³/mol. The first-order chi connectivity index (χ1) is 11.8. The van der Waals surface area contributed by atoms with Gasteiger partial charge in [-0.25, -0.2) is 0 Å². The lowest BCUT2D eigenvalue weighted by Gasteiger charge is -2.41. The molecule has 1 aromatic rings. The van der Waals surface area contributed by atoms with Crippen molar-refractivity contribution < 1.29 is 4.74 Å². The third-order valence-electron chi connectivity index (χ3n) is 5.51. The van der Waals surface area contributed by atoms with Crippen LogP contribution in [0.25, 0.3) is 0 Å². The van der Waals surface area contributed by atoms with Gasteiger partial charge in [0.05, 0.1) is 6.10 Å². The molecule has 24 heavy (non-hydrogen) atoms. The summed E-state index contributed by atoms with van der Waals surface area (Å²) >= 11 is 0. The molecule has 2 heteroatoms. The zero-order valence-corrected chi connectivity index (χ0v) is 16.0. The quantitative estimate of drug-likeness (QED) is 0.515. The van der Waals surface area contributed by atoms with Crippen LogP contribution in [-0.2, 0) is 4.74 Å². The lowest BCUT2D eigenvalue weighted by Crippen LogP contribution is -2.46. The highest BCUT2D eigenvalue weighted by Crippen LogP contribution is 2.31. The van der Waals surface area contributed by atoms with E-state index in [0.717, 1.165) is 6.61 Å². The number of rotatable bonds is 10. The second kappa shape index (κ2) is 10.9. The molecule has 1 fully saturated rings. The molecule has 2 atom stereocenters. The number of nitrogens with zero attached hydrogens (tertiary/aromatic N) is 1. The van der Waals surface area contributed by atoms with Crippen LogP contribution in [0.1, 0.15) is 77.2 Å². The summed E-state index contributed by atoms with van der Waals surface area (Å²) in [6, 6.07) is 11.8. The SMILES string of the molecule is CCCCOC1CCN([C@@H](CCC)[C@@H](CC)c2ccccc2)CC1. The molecule has 136 valence electrons. The fraction of sp³-hybridized carbons (Fsp3) is 0.727. The van der Waals surface area contributed by atoms with Gasteiger partial charge in [0.15, 0.2) is 0 Å². The van der Waals surface area contributed by atoms with Gasteiger partial charge >= 0.3 is 0 Å². The van der Waals surface area contributed by atoms with Gasteiger partial charge in [0, 0.05) is 25.7 Å². The summed E-state index contributed by atoms with van der Waals surface area (Å²) in [5.74, 6) is 0.656. The average molecular weight is 332 g/mol. The van der Waals surface area contributed by atoms with E-state index in [2.05, 4.69) is 56.0 Å². The molecule has 1 saturated heterocycles. The smallest absolute Gasteiger partial charge is 0.0599 e. The summed E-state index contributed by atoms with van der Waals surface area (Å²) < 4.78 is 6.06. The summed E-state index contributed by atoms with van der Waals surface area (Å²) in [6.45, 7) is 10.2. The van der Waals surface area contributed by atoms with E-state index < -0.39 is 0 Å². The highest BCUT2D eigenvalue weighted by atomic mass is 16.5. The van der Waals surface area contributed by atoms with E-state index in [0.29, 0.717) is 18.1 Å². The Bertz CT molecular complexity index is 425. The Balaban J connectivity index is 1.95. The first-order valence-electron chi connectivity index (χ1n) is 10.2. The van der Waals surface area contributed by atoms with Crippen molar-refractivity contribution in [2.45, 2.75) is 83.8 Å². The molecule has 1 aliphatic heterocycles. The van der Waals surface area contributed by atoms with Crippen molar-refractivity contribution in [3.63, 3.8) is 0 Å². The second-order valence-electron chi connectivity index (χ2n) is 7.24. The van der Waals surface area contributed by atoms with E-state index in [9.17, 15) is 0 Å². The number of benzene rings is 1. The molecule has 1 heterocycles. The molecule has 0 bridgehead atoms. The van der Waals surface area contributed by atoms with Crippen LogP contribution in [0.15, 0.2) is 30.3 Å². The number of unbranched alkanes of at least 4 members (excludes halogenated alkanes) is 1. The van der Waals surface area contributed by atoms with Crippen LogP contribution in [0.5, 0.6) is 0 Å². The molecule has 0 saturated carbocycles. The van der Waals surface area contributed by atoms with Gasteiger partial charge < -0.3 is 4.74 Å². The molecule has 1 aromatic carbocycles. The Hall–Kier alpha value is -0.860. The van der Waals surface area contributed by atoms with Gasteiger partial charge in [0.25, 0.3) is 0 Å². The maximum absolute atomic E-state index is 6.06. The average Bonchev–Trinajstić information content (AvgIpc) is 2.63. The van der Waals surface area contributed by atoms with E-state index in [1.54, 1.807) is 0 Å². The molecule has 0 amide bonds. The topological polar surface area (TPSA) is 12.5 Å². The number of piperidine rings is 1. The van der Waals surface area contributed by atoms with Crippen molar-refractivity contribution in [1.82, 2.24) is 4.90 Å².